The Labute approximate surface area is 54.3 Å². The van der Waals surface area contributed by atoms with E-state index in [1.54, 1.807) is 0 Å². The zero-order valence-corrected chi connectivity index (χ0v) is 6.99. The first kappa shape index (κ1) is 15.7. The number of hydrogen-bond acceptors (Lipinski definition) is 1. The Morgan fingerprint density at radius 3 is 0.750 bits per heavy atom. The zero-order chi connectivity index (χ0) is 7.41. The maximum absolute atomic E-state index is 4.50. The summed E-state index contributed by atoms with van der Waals surface area (Å²) in [6.45, 7) is 8.50. The fraction of sp³-hybridized carbons (Fsp3) is 1.00. The van der Waals surface area contributed by atoms with Crippen molar-refractivity contribution in [2.45, 2.75) is 40.5 Å². The van der Waals surface area contributed by atoms with Crippen molar-refractivity contribution in [2.75, 3.05) is 7.05 Å². The molecule has 0 bridgehead atoms. The summed E-state index contributed by atoms with van der Waals surface area (Å²) < 4.78 is 0. The fourth-order valence-corrected chi connectivity index (χ4v) is 0. The largest absolute Gasteiger partial charge is 0.333 e. The summed E-state index contributed by atoms with van der Waals surface area (Å²) in [5.74, 6) is 0. The predicted octanol–water partition coefficient (Wildman–Crippen LogP) is 2.41. The normalized spacial score (nSPS) is 5.25. The summed E-state index contributed by atoms with van der Waals surface area (Å²) >= 11 is 0. The predicted molar refractivity (Wildman–Crippen MR) is 42.0 cm³/mol. The average Bonchev–Trinajstić information content (AvgIpc) is 1.75. The van der Waals surface area contributed by atoms with Crippen LogP contribution < -0.4 is 5.73 Å². The maximum Gasteiger partial charge on any atom is -0.0195 e. The summed E-state index contributed by atoms with van der Waals surface area (Å²) in [7, 11) is 1.50. The summed E-state index contributed by atoms with van der Waals surface area (Å²) in [5, 5.41) is 0. The molecule has 0 aliphatic rings. The van der Waals surface area contributed by atoms with E-state index in [2.05, 4.69) is 33.4 Å². The number of nitrogens with two attached hydrogens (primary N) is 1. The van der Waals surface area contributed by atoms with Crippen molar-refractivity contribution in [3.8, 4) is 0 Å². The van der Waals surface area contributed by atoms with Crippen molar-refractivity contribution >= 4 is 0 Å². The molecule has 0 heterocycles. The molecule has 0 aromatic carbocycles. The molecule has 54 valence electrons. The van der Waals surface area contributed by atoms with E-state index in [0.717, 1.165) is 0 Å². The van der Waals surface area contributed by atoms with Gasteiger partial charge in [-0.15, -0.1) is 0 Å². The lowest BCUT2D eigenvalue weighted by molar-refractivity contribution is 1.09. The quantitative estimate of drug-likeness (QED) is 0.520. The molecule has 1 nitrogen and oxygen atoms in total. The van der Waals surface area contributed by atoms with Crippen LogP contribution in [-0.2, 0) is 0 Å². The van der Waals surface area contributed by atoms with Crippen molar-refractivity contribution in [1.29, 1.82) is 0 Å². The standard InChI is InChI=1S/2C3H8.CH5N/c2*1-3-2;1-2/h2*3H2,1-2H3;2H2,1H3. The van der Waals surface area contributed by atoms with E-state index in [0.29, 0.717) is 0 Å². The Balaban J connectivity index is -0.0000000483. The summed E-state index contributed by atoms with van der Waals surface area (Å²) in [5.41, 5.74) is 4.50. The first-order chi connectivity index (χ1) is 3.83. The van der Waals surface area contributed by atoms with Gasteiger partial charge in [0.05, 0.1) is 0 Å². The smallest absolute Gasteiger partial charge is 0.0195 e. The lowest BCUT2D eigenvalue weighted by Gasteiger charge is -1.48. The molecular formula is C7H21N. The van der Waals surface area contributed by atoms with Gasteiger partial charge in [0.2, 0.25) is 0 Å². The molecule has 0 aromatic rings. The Morgan fingerprint density at radius 2 is 0.750 bits per heavy atom. The molecular weight excluding hydrogens is 98.1 g/mol. The zero-order valence-electron chi connectivity index (χ0n) is 6.99. The van der Waals surface area contributed by atoms with Crippen molar-refractivity contribution in [3.63, 3.8) is 0 Å². The van der Waals surface area contributed by atoms with E-state index in [4.69, 9.17) is 0 Å². The third kappa shape index (κ3) is 91600. The molecule has 0 unspecified atom stereocenters. The van der Waals surface area contributed by atoms with Crippen LogP contribution >= 0.6 is 0 Å². The molecule has 0 spiro atoms. The van der Waals surface area contributed by atoms with Crippen LogP contribution in [0.3, 0.4) is 0 Å². The highest BCUT2D eigenvalue weighted by Gasteiger charge is 1.36. The van der Waals surface area contributed by atoms with E-state index in [1.165, 1.54) is 19.9 Å². The molecule has 0 aliphatic heterocycles. The minimum Gasteiger partial charge on any atom is -0.333 e. The molecule has 0 aromatic heterocycles. The molecule has 0 saturated carbocycles. The second-order valence-electron chi connectivity index (χ2n) is 1.41. The minimum absolute atomic E-state index is 1.25. The van der Waals surface area contributed by atoms with Crippen LogP contribution in [0, 0.1) is 0 Å². The highest BCUT2D eigenvalue weighted by Crippen LogP contribution is 1.56. The lowest BCUT2D eigenvalue weighted by Crippen LogP contribution is -1.69. The number of rotatable bonds is 0. The van der Waals surface area contributed by atoms with E-state index in [9.17, 15) is 0 Å². The molecule has 0 amide bonds. The maximum atomic E-state index is 4.50. The monoisotopic (exact) mass is 119 g/mol. The first-order valence-electron chi connectivity index (χ1n) is 3.41. The highest BCUT2D eigenvalue weighted by atomic mass is 14.4. The van der Waals surface area contributed by atoms with Gasteiger partial charge in [-0.2, -0.15) is 0 Å². The Kier molecular flexibility index (Phi) is 126. The van der Waals surface area contributed by atoms with Crippen molar-refractivity contribution < 1.29 is 0 Å². The molecule has 8 heavy (non-hydrogen) atoms. The van der Waals surface area contributed by atoms with Crippen LogP contribution in [0.15, 0.2) is 0 Å². The molecule has 0 saturated heterocycles. The summed E-state index contributed by atoms with van der Waals surface area (Å²) in [6.07, 6.45) is 2.50. The van der Waals surface area contributed by atoms with Gasteiger partial charge in [0.1, 0.15) is 0 Å². The molecule has 2 N–H and O–H groups in total. The van der Waals surface area contributed by atoms with Crippen molar-refractivity contribution in [3.05, 3.63) is 0 Å². The molecule has 0 aliphatic carbocycles. The average molecular weight is 119 g/mol. The summed E-state index contributed by atoms with van der Waals surface area (Å²) in [4.78, 5) is 0. The number of hydrogen-bond donors (Lipinski definition) is 1. The van der Waals surface area contributed by atoms with Gasteiger partial charge in [0.25, 0.3) is 0 Å². The fourth-order valence-electron chi connectivity index (χ4n) is 0. The van der Waals surface area contributed by atoms with Gasteiger partial charge in [0.15, 0.2) is 0 Å². The van der Waals surface area contributed by atoms with E-state index in [1.807, 2.05) is 0 Å². The van der Waals surface area contributed by atoms with E-state index >= 15 is 0 Å². The Morgan fingerprint density at radius 1 is 0.750 bits per heavy atom. The first-order valence-corrected chi connectivity index (χ1v) is 3.41. The van der Waals surface area contributed by atoms with Gasteiger partial charge in [0, 0.05) is 0 Å². The molecule has 0 radical (unpaired) electrons. The van der Waals surface area contributed by atoms with Gasteiger partial charge in [-0.05, 0) is 7.05 Å². The van der Waals surface area contributed by atoms with Crippen LogP contribution in [0.25, 0.3) is 0 Å². The third-order valence-electron chi connectivity index (χ3n) is 0. The third-order valence-corrected chi connectivity index (χ3v) is 0. The second-order valence-corrected chi connectivity index (χ2v) is 1.41. The van der Waals surface area contributed by atoms with Gasteiger partial charge >= 0.3 is 0 Å². The van der Waals surface area contributed by atoms with Gasteiger partial charge in [-0.25, -0.2) is 0 Å². The van der Waals surface area contributed by atoms with Crippen molar-refractivity contribution in [2.24, 2.45) is 5.73 Å². The molecule has 0 atom stereocenters. The second kappa shape index (κ2) is 64.4. The van der Waals surface area contributed by atoms with Crippen LogP contribution in [0.1, 0.15) is 40.5 Å². The highest BCUT2D eigenvalue weighted by molar-refractivity contribution is 3.92. The van der Waals surface area contributed by atoms with Crippen LogP contribution in [-0.4, -0.2) is 7.05 Å². The topological polar surface area (TPSA) is 26.0 Å². The van der Waals surface area contributed by atoms with E-state index < -0.39 is 0 Å². The van der Waals surface area contributed by atoms with Crippen molar-refractivity contribution in [1.82, 2.24) is 0 Å². The Bertz CT molecular complexity index is 6.35. The minimum atomic E-state index is 1.25. The Hall–Kier alpha value is -0.0400. The lowest BCUT2D eigenvalue weighted by atomic mass is 10.6. The summed E-state index contributed by atoms with van der Waals surface area (Å²) in [6, 6.07) is 0. The van der Waals surface area contributed by atoms with Crippen LogP contribution in [0.5, 0.6) is 0 Å². The molecule has 0 fully saturated rings. The van der Waals surface area contributed by atoms with Crippen LogP contribution in [0.4, 0.5) is 0 Å². The van der Waals surface area contributed by atoms with E-state index in [-0.39, 0.29) is 0 Å². The van der Waals surface area contributed by atoms with Gasteiger partial charge in [-0.1, -0.05) is 40.5 Å². The van der Waals surface area contributed by atoms with Gasteiger partial charge in [-0.3, -0.25) is 0 Å². The SMILES string of the molecule is CCC.CCC.CN. The van der Waals surface area contributed by atoms with Crippen LogP contribution in [0.2, 0.25) is 0 Å². The molecule has 0 rings (SSSR count). The van der Waals surface area contributed by atoms with Gasteiger partial charge < -0.3 is 5.73 Å². The molecule has 1 heteroatoms.